The van der Waals surface area contributed by atoms with Crippen LogP contribution in [0.3, 0.4) is 0 Å². The van der Waals surface area contributed by atoms with Gasteiger partial charge in [0.25, 0.3) is 5.88 Å². The van der Waals surface area contributed by atoms with Crippen LogP contribution in [0, 0.1) is 0 Å². The van der Waals surface area contributed by atoms with Gasteiger partial charge in [-0.1, -0.05) is 11.6 Å². The Labute approximate surface area is 130 Å². The van der Waals surface area contributed by atoms with E-state index in [4.69, 9.17) is 16.3 Å². The number of fused-ring (bicyclic) bond motifs is 1. The lowest BCUT2D eigenvalue weighted by molar-refractivity contribution is 0.461. The fraction of sp³-hybridized carbons (Fsp3) is 0. The van der Waals surface area contributed by atoms with Gasteiger partial charge in [0.2, 0.25) is 5.65 Å². The van der Waals surface area contributed by atoms with Crippen molar-refractivity contribution in [3.63, 3.8) is 0 Å². The number of aromatic nitrogens is 3. The van der Waals surface area contributed by atoms with Crippen LogP contribution >= 0.6 is 43.5 Å². The van der Waals surface area contributed by atoms with Crippen LogP contribution in [0.5, 0.6) is 11.6 Å². The summed E-state index contributed by atoms with van der Waals surface area (Å²) in [6.45, 7) is 0. The number of hydrogen-bond donors (Lipinski definition) is 0. The van der Waals surface area contributed by atoms with Gasteiger partial charge in [0, 0.05) is 23.6 Å². The Balaban J connectivity index is 2.07. The number of nitrogens with zero attached hydrogens (tertiary/aromatic N) is 3. The van der Waals surface area contributed by atoms with Crippen molar-refractivity contribution in [2.45, 2.75) is 0 Å². The molecule has 0 aliphatic carbocycles. The molecule has 0 unspecified atom stereocenters. The van der Waals surface area contributed by atoms with Gasteiger partial charge >= 0.3 is 0 Å². The summed E-state index contributed by atoms with van der Waals surface area (Å²) in [4.78, 5) is 8.51. The molecular formula is C12H6Br2ClN3O. The molecule has 0 atom stereocenters. The molecule has 0 amide bonds. The van der Waals surface area contributed by atoms with Crippen molar-refractivity contribution in [3.05, 3.63) is 50.9 Å². The first-order valence-electron chi connectivity index (χ1n) is 5.25. The Kier molecular flexibility index (Phi) is 3.47. The lowest BCUT2D eigenvalue weighted by Gasteiger charge is -2.08. The van der Waals surface area contributed by atoms with Crippen LogP contribution in [0.4, 0.5) is 0 Å². The summed E-state index contributed by atoms with van der Waals surface area (Å²) in [6.07, 6.45) is 5.32. The molecule has 0 N–H and O–H groups in total. The molecule has 0 spiro atoms. The lowest BCUT2D eigenvalue weighted by Crippen LogP contribution is -1.95. The number of rotatable bonds is 2. The SMILES string of the molecule is Clc1ccc(Oc2nc(Br)cn3ccnc23)c(Br)c1. The lowest BCUT2D eigenvalue weighted by atomic mass is 10.3. The van der Waals surface area contributed by atoms with E-state index in [1.165, 1.54) is 0 Å². The van der Waals surface area contributed by atoms with Gasteiger partial charge in [-0.15, -0.1) is 0 Å². The van der Waals surface area contributed by atoms with Gasteiger partial charge in [-0.25, -0.2) is 9.97 Å². The summed E-state index contributed by atoms with van der Waals surface area (Å²) in [5.41, 5.74) is 0.644. The van der Waals surface area contributed by atoms with Gasteiger partial charge in [0.1, 0.15) is 10.4 Å². The van der Waals surface area contributed by atoms with E-state index in [0.717, 1.165) is 4.47 Å². The van der Waals surface area contributed by atoms with Crippen LogP contribution in [-0.2, 0) is 0 Å². The maximum atomic E-state index is 5.90. The third-order valence-corrected chi connectivity index (χ3v) is 3.65. The Hall–Kier alpha value is -1.11. The molecule has 0 aliphatic rings. The molecule has 96 valence electrons. The quantitative estimate of drug-likeness (QED) is 0.623. The molecular weight excluding hydrogens is 397 g/mol. The Bertz CT molecular complexity index is 760. The van der Waals surface area contributed by atoms with E-state index in [1.807, 2.05) is 16.8 Å². The molecule has 0 fully saturated rings. The first kappa shape index (κ1) is 12.9. The number of ether oxygens (including phenoxy) is 1. The van der Waals surface area contributed by atoms with Crippen LogP contribution < -0.4 is 4.74 Å². The molecule has 4 nitrogen and oxygen atoms in total. The summed E-state index contributed by atoms with van der Waals surface area (Å²) in [7, 11) is 0. The second-order valence-electron chi connectivity index (χ2n) is 3.70. The zero-order valence-electron chi connectivity index (χ0n) is 9.35. The van der Waals surface area contributed by atoms with E-state index in [2.05, 4.69) is 41.8 Å². The number of imidazole rings is 1. The van der Waals surface area contributed by atoms with E-state index in [9.17, 15) is 0 Å². The van der Waals surface area contributed by atoms with Gasteiger partial charge in [0.05, 0.1) is 4.47 Å². The van der Waals surface area contributed by atoms with E-state index in [0.29, 0.717) is 26.9 Å². The molecule has 3 aromatic rings. The molecule has 2 aromatic heterocycles. The summed E-state index contributed by atoms with van der Waals surface area (Å²) in [6, 6.07) is 5.29. The van der Waals surface area contributed by atoms with Crippen molar-refractivity contribution >= 4 is 49.1 Å². The largest absolute Gasteiger partial charge is 0.435 e. The topological polar surface area (TPSA) is 39.4 Å². The second-order valence-corrected chi connectivity index (χ2v) is 5.81. The minimum absolute atomic E-state index is 0.419. The van der Waals surface area contributed by atoms with Crippen LogP contribution in [0.25, 0.3) is 5.65 Å². The Morgan fingerprint density at radius 2 is 2.11 bits per heavy atom. The summed E-state index contributed by atoms with van der Waals surface area (Å²) in [5, 5.41) is 0.632. The first-order chi connectivity index (χ1) is 9.13. The van der Waals surface area contributed by atoms with Crippen LogP contribution in [0.1, 0.15) is 0 Å². The molecule has 0 aliphatic heterocycles. The predicted molar refractivity (Wildman–Crippen MR) is 79.9 cm³/mol. The highest BCUT2D eigenvalue weighted by Gasteiger charge is 2.11. The van der Waals surface area contributed by atoms with Gasteiger partial charge in [-0.3, -0.25) is 4.40 Å². The fourth-order valence-corrected chi connectivity index (χ4v) is 2.75. The average Bonchev–Trinajstić information content (AvgIpc) is 2.80. The molecule has 0 saturated carbocycles. The fourth-order valence-electron chi connectivity index (χ4n) is 1.60. The highest BCUT2D eigenvalue weighted by Crippen LogP contribution is 2.32. The summed E-state index contributed by atoms with van der Waals surface area (Å²) < 4.78 is 9.04. The smallest absolute Gasteiger partial charge is 0.265 e. The molecule has 19 heavy (non-hydrogen) atoms. The van der Waals surface area contributed by atoms with E-state index in [1.54, 1.807) is 24.4 Å². The average molecular weight is 403 g/mol. The van der Waals surface area contributed by atoms with Crippen molar-refractivity contribution < 1.29 is 4.74 Å². The van der Waals surface area contributed by atoms with Crippen molar-refractivity contribution in [1.82, 2.24) is 14.4 Å². The molecule has 3 rings (SSSR count). The molecule has 0 saturated heterocycles. The molecule has 0 radical (unpaired) electrons. The number of benzene rings is 1. The van der Waals surface area contributed by atoms with Crippen LogP contribution in [0.15, 0.2) is 45.9 Å². The zero-order valence-corrected chi connectivity index (χ0v) is 13.3. The molecule has 1 aromatic carbocycles. The van der Waals surface area contributed by atoms with Gasteiger partial charge in [-0.2, -0.15) is 0 Å². The minimum Gasteiger partial charge on any atom is -0.435 e. The van der Waals surface area contributed by atoms with Crippen LogP contribution in [-0.4, -0.2) is 14.4 Å². The standard InChI is InChI=1S/C12H6Br2ClN3O/c13-8-5-7(15)1-2-9(8)19-12-11-16-3-4-18(11)6-10(14)17-12/h1-6H. The van der Waals surface area contributed by atoms with E-state index < -0.39 is 0 Å². The highest BCUT2D eigenvalue weighted by atomic mass is 79.9. The molecule has 7 heteroatoms. The second kappa shape index (κ2) is 5.11. The first-order valence-corrected chi connectivity index (χ1v) is 7.22. The summed E-state index contributed by atoms with van der Waals surface area (Å²) in [5.74, 6) is 1.04. The zero-order chi connectivity index (χ0) is 13.4. The maximum absolute atomic E-state index is 5.90. The minimum atomic E-state index is 0.419. The van der Waals surface area contributed by atoms with Crippen molar-refractivity contribution in [2.75, 3.05) is 0 Å². The van der Waals surface area contributed by atoms with E-state index >= 15 is 0 Å². The molecule has 0 bridgehead atoms. The van der Waals surface area contributed by atoms with Crippen molar-refractivity contribution in [3.8, 4) is 11.6 Å². The summed E-state index contributed by atoms with van der Waals surface area (Å²) >= 11 is 12.6. The van der Waals surface area contributed by atoms with Gasteiger partial charge < -0.3 is 4.74 Å². The molecule has 2 heterocycles. The number of hydrogen-bond acceptors (Lipinski definition) is 3. The number of halogens is 3. The van der Waals surface area contributed by atoms with Crippen molar-refractivity contribution in [1.29, 1.82) is 0 Å². The van der Waals surface area contributed by atoms with Crippen LogP contribution in [0.2, 0.25) is 5.02 Å². The Morgan fingerprint density at radius 1 is 1.26 bits per heavy atom. The van der Waals surface area contributed by atoms with Crippen molar-refractivity contribution in [2.24, 2.45) is 0 Å². The Morgan fingerprint density at radius 3 is 2.89 bits per heavy atom. The third-order valence-electron chi connectivity index (χ3n) is 2.41. The highest BCUT2D eigenvalue weighted by molar-refractivity contribution is 9.10. The van der Waals surface area contributed by atoms with Gasteiger partial charge in [-0.05, 0) is 50.1 Å². The maximum Gasteiger partial charge on any atom is 0.265 e. The monoisotopic (exact) mass is 401 g/mol. The normalized spacial score (nSPS) is 10.9. The third kappa shape index (κ3) is 2.61. The van der Waals surface area contributed by atoms with Gasteiger partial charge in [0.15, 0.2) is 0 Å². The predicted octanol–water partition coefficient (Wildman–Crippen LogP) is 4.70. The van der Waals surface area contributed by atoms with E-state index in [-0.39, 0.29) is 0 Å².